The number of hydrogen-bond acceptors (Lipinski definition) is 6. The highest BCUT2D eigenvalue weighted by atomic mass is 32.1. The summed E-state index contributed by atoms with van der Waals surface area (Å²) in [5, 5.41) is 2.05. The second-order valence-electron chi connectivity index (χ2n) is 4.99. The zero-order chi connectivity index (χ0) is 13.5. The topological polar surface area (TPSA) is 72.3 Å². The summed E-state index contributed by atoms with van der Waals surface area (Å²) in [5.41, 5.74) is 8.99. The first-order valence-electron chi connectivity index (χ1n) is 6.51. The van der Waals surface area contributed by atoms with Gasteiger partial charge < -0.3 is 5.73 Å². The molecule has 2 N–H and O–H groups in total. The SMILES string of the molecule is Nc1ncc2c(n1)CCN(Cc1cn3ccsc3n1)C2. The molecule has 0 radical (unpaired) electrons. The monoisotopic (exact) mass is 286 g/mol. The number of imidazole rings is 1. The van der Waals surface area contributed by atoms with Gasteiger partial charge in [0.2, 0.25) is 5.95 Å². The molecule has 1 aliphatic rings. The molecule has 0 bridgehead atoms. The van der Waals surface area contributed by atoms with E-state index >= 15 is 0 Å². The highest BCUT2D eigenvalue weighted by molar-refractivity contribution is 7.15. The molecular weight excluding hydrogens is 272 g/mol. The van der Waals surface area contributed by atoms with Crippen molar-refractivity contribution in [1.82, 2.24) is 24.3 Å². The maximum atomic E-state index is 5.62. The first-order valence-corrected chi connectivity index (χ1v) is 7.39. The van der Waals surface area contributed by atoms with Crippen LogP contribution in [0.1, 0.15) is 17.0 Å². The largest absolute Gasteiger partial charge is 0.368 e. The Morgan fingerprint density at radius 1 is 1.35 bits per heavy atom. The number of nitrogen functional groups attached to an aromatic ring is 1. The smallest absolute Gasteiger partial charge is 0.220 e. The van der Waals surface area contributed by atoms with Gasteiger partial charge in [-0.2, -0.15) is 0 Å². The minimum Gasteiger partial charge on any atom is -0.368 e. The lowest BCUT2D eigenvalue weighted by molar-refractivity contribution is 0.240. The zero-order valence-corrected chi connectivity index (χ0v) is 11.7. The fraction of sp³-hybridized carbons (Fsp3) is 0.308. The predicted molar refractivity (Wildman–Crippen MR) is 77.3 cm³/mol. The lowest BCUT2D eigenvalue weighted by Gasteiger charge is -2.27. The number of aromatic nitrogens is 4. The molecule has 0 spiro atoms. The molecule has 0 amide bonds. The number of nitrogens with two attached hydrogens (primary N) is 1. The van der Waals surface area contributed by atoms with Gasteiger partial charge in [0.25, 0.3) is 0 Å². The average molecular weight is 286 g/mol. The molecule has 20 heavy (non-hydrogen) atoms. The lowest BCUT2D eigenvalue weighted by atomic mass is 10.1. The van der Waals surface area contributed by atoms with E-state index in [0.717, 1.165) is 42.4 Å². The minimum absolute atomic E-state index is 0.367. The van der Waals surface area contributed by atoms with E-state index in [1.165, 1.54) is 5.56 Å². The standard InChI is InChI=1S/C13H14N6S/c14-12-15-5-9-6-18(2-1-11(9)17-12)7-10-8-19-3-4-20-13(19)16-10/h3-5,8H,1-2,6-7H2,(H2,14,15,17). The molecule has 0 aliphatic carbocycles. The van der Waals surface area contributed by atoms with E-state index in [1.807, 2.05) is 17.8 Å². The maximum Gasteiger partial charge on any atom is 0.220 e. The van der Waals surface area contributed by atoms with Crippen molar-refractivity contribution in [1.29, 1.82) is 0 Å². The number of fused-ring (bicyclic) bond motifs is 2. The Kier molecular flexibility index (Phi) is 2.68. The van der Waals surface area contributed by atoms with E-state index in [0.29, 0.717) is 5.95 Å². The van der Waals surface area contributed by atoms with Crippen molar-refractivity contribution in [3.63, 3.8) is 0 Å². The average Bonchev–Trinajstić information content (AvgIpc) is 3.00. The van der Waals surface area contributed by atoms with Crippen molar-refractivity contribution in [3.05, 3.63) is 40.9 Å². The minimum atomic E-state index is 0.367. The van der Waals surface area contributed by atoms with Crippen LogP contribution in [0, 0.1) is 0 Å². The van der Waals surface area contributed by atoms with Crippen LogP contribution in [0.25, 0.3) is 4.96 Å². The first kappa shape index (κ1) is 11.8. The molecule has 1 aliphatic heterocycles. The van der Waals surface area contributed by atoms with Gasteiger partial charge in [0.05, 0.1) is 11.4 Å². The summed E-state index contributed by atoms with van der Waals surface area (Å²) < 4.78 is 2.07. The maximum absolute atomic E-state index is 5.62. The Morgan fingerprint density at radius 3 is 3.20 bits per heavy atom. The van der Waals surface area contributed by atoms with E-state index < -0.39 is 0 Å². The predicted octanol–water partition coefficient (Wildman–Crippen LogP) is 1.33. The third-order valence-electron chi connectivity index (χ3n) is 3.56. The van der Waals surface area contributed by atoms with E-state index in [2.05, 4.69) is 30.4 Å². The summed E-state index contributed by atoms with van der Waals surface area (Å²) in [7, 11) is 0. The summed E-state index contributed by atoms with van der Waals surface area (Å²) >= 11 is 1.66. The molecule has 6 nitrogen and oxygen atoms in total. The molecular formula is C13H14N6S. The van der Waals surface area contributed by atoms with Crippen LogP contribution >= 0.6 is 11.3 Å². The molecule has 3 aromatic heterocycles. The highest BCUT2D eigenvalue weighted by Crippen LogP contribution is 2.19. The van der Waals surface area contributed by atoms with Crippen LogP contribution in [0.5, 0.6) is 0 Å². The lowest BCUT2D eigenvalue weighted by Crippen LogP contribution is -2.31. The molecule has 102 valence electrons. The van der Waals surface area contributed by atoms with Crippen molar-refractivity contribution in [2.75, 3.05) is 12.3 Å². The van der Waals surface area contributed by atoms with Crippen LogP contribution in [0.15, 0.2) is 24.0 Å². The van der Waals surface area contributed by atoms with E-state index in [-0.39, 0.29) is 0 Å². The molecule has 0 saturated heterocycles. The van der Waals surface area contributed by atoms with Crippen molar-refractivity contribution in [2.45, 2.75) is 19.5 Å². The Hall–Kier alpha value is -1.99. The van der Waals surface area contributed by atoms with Crippen LogP contribution < -0.4 is 5.73 Å². The van der Waals surface area contributed by atoms with Gasteiger partial charge in [-0.3, -0.25) is 9.30 Å². The molecule has 0 fully saturated rings. The summed E-state index contributed by atoms with van der Waals surface area (Å²) in [6.45, 7) is 2.70. The van der Waals surface area contributed by atoms with E-state index in [1.54, 1.807) is 11.3 Å². The number of nitrogens with zero attached hydrogens (tertiary/aromatic N) is 5. The van der Waals surface area contributed by atoms with Gasteiger partial charge in [-0.1, -0.05) is 0 Å². The molecule has 4 heterocycles. The second kappa shape index (κ2) is 4.53. The van der Waals surface area contributed by atoms with Crippen molar-refractivity contribution < 1.29 is 0 Å². The van der Waals surface area contributed by atoms with Crippen LogP contribution in [0.2, 0.25) is 0 Å². The van der Waals surface area contributed by atoms with Gasteiger partial charge in [0.1, 0.15) is 0 Å². The normalized spacial score (nSPS) is 15.6. The van der Waals surface area contributed by atoms with Gasteiger partial charge in [0, 0.05) is 55.6 Å². The van der Waals surface area contributed by atoms with Gasteiger partial charge in [0.15, 0.2) is 4.96 Å². The summed E-state index contributed by atoms with van der Waals surface area (Å²) in [6, 6.07) is 0. The Labute approximate surface area is 119 Å². The molecule has 3 aromatic rings. The van der Waals surface area contributed by atoms with Gasteiger partial charge in [-0.25, -0.2) is 15.0 Å². The fourth-order valence-electron chi connectivity index (χ4n) is 2.61. The quantitative estimate of drug-likeness (QED) is 0.769. The van der Waals surface area contributed by atoms with Gasteiger partial charge >= 0.3 is 0 Å². The molecule has 7 heteroatoms. The zero-order valence-electron chi connectivity index (χ0n) is 10.9. The van der Waals surface area contributed by atoms with Crippen LogP contribution in [0.3, 0.4) is 0 Å². The van der Waals surface area contributed by atoms with E-state index in [4.69, 9.17) is 5.73 Å². The van der Waals surface area contributed by atoms with Crippen molar-refractivity contribution in [2.24, 2.45) is 0 Å². The Bertz CT molecular complexity index is 733. The summed E-state index contributed by atoms with van der Waals surface area (Å²) in [4.78, 5) is 16.4. The van der Waals surface area contributed by atoms with Gasteiger partial charge in [-0.05, 0) is 0 Å². The molecule has 0 saturated carbocycles. The second-order valence-corrected chi connectivity index (χ2v) is 5.86. The molecule has 0 aromatic carbocycles. The number of hydrogen-bond donors (Lipinski definition) is 1. The molecule has 0 atom stereocenters. The Balaban J connectivity index is 1.53. The highest BCUT2D eigenvalue weighted by Gasteiger charge is 2.19. The summed E-state index contributed by atoms with van der Waals surface area (Å²) in [6.07, 6.45) is 6.90. The number of anilines is 1. The van der Waals surface area contributed by atoms with E-state index in [9.17, 15) is 0 Å². The third kappa shape index (κ3) is 2.04. The van der Waals surface area contributed by atoms with Gasteiger partial charge in [-0.15, -0.1) is 11.3 Å². The molecule has 4 rings (SSSR count). The van der Waals surface area contributed by atoms with Crippen LogP contribution in [-0.4, -0.2) is 30.8 Å². The summed E-state index contributed by atoms with van der Waals surface area (Å²) in [5.74, 6) is 0.367. The molecule has 0 unspecified atom stereocenters. The first-order chi connectivity index (χ1) is 9.78. The van der Waals surface area contributed by atoms with Crippen molar-refractivity contribution in [3.8, 4) is 0 Å². The Morgan fingerprint density at radius 2 is 2.30 bits per heavy atom. The number of rotatable bonds is 2. The van der Waals surface area contributed by atoms with Crippen LogP contribution in [0.4, 0.5) is 5.95 Å². The fourth-order valence-corrected chi connectivity index (χ4v) is 3.33. The van der Waals surface area contributed by atoms with Crippen LogP contribution in [-0.2, 0) is 19.5 Å². The van der Waals surface area contributed by atoms with Crippen molar-refractivity contribution >= 4 is 22.2 Å². The third-order valence-corrected chi connectivity index (χ3v) is 4.33. The number of thiazole rings is 1.